The molecule has 2 rings (SSSR count). The zero-order valence-electron chi connectivity index (χ0n) is 9.98. The van der Waals surface area contributed by atoms with Gasteiger partial charge >= 0.3 is 5.97 Å². The third kappa shape index (κ3) is 2.87. The van der Waals surface area contributed by atoms with Gasteiger partial charge in [-0.25, -0.2) is 4.79 Å². The molecule has 1 aliphatic rings. The van der Waals surface area contributed by atoms with Crippen LogP contribution in [-0.2, 0) is 6.54 Å². The van der Waals surface area contributed by atoms with Crippen LogP contribution in [0.2, 0.25) is 0 Å². The molecule has 0 amide bonds. The Kier molecular flexibility index (Phi) is 3.81. The largest absolute Gasteiger partial charge is 0.475 e. The Morgan fingerprint density at radius 2 is 2.29 bits per heavy atom. The molecule has 1 fully saturated rings. The Bertz CT molecular complexity index is 383. The molecule has 5 nitrogen and oxygen atoms in total. The van der Waals surface area contributed by atoms with Gasteiger partial charge in [-0.1, -0.05) is 0 Å². The predicted molar refractivity (Wildman–Crippen MR) is 63.0 cm³/mol. The van der Waals surface area contributed by atoms with Crippen molar-refractivity contribution in [2.24, 2.45) is 0 Å². The highest BCUT2D eigenvalue weighted by Crippen LogP contribution is 2.17. The third-order valence-electron chi connectivity index (χ3n) is 3.29. The molecule has 1 aliphatic heterocycles. The topological polar surface area (TPSA) is 65.7 Å². The van der Waals surface area contributed by atoms with Crippen LogP contribution < -0.4 is 5.32 Å². The zero-order chi connectivity index (χ0) is 12.3. The molecule has 1 aromatic rings. The van der Waals surface area contributed by atoms with Gasteiger partial charge in [0.25, 0.3) is 0 Å². The summed E-state index contributed by atoms with van der Waals surface area (Å²) in [5, 5.41) is 12.3. The summed E-state index contributed by atoms with van der Waals surface area (Å²) in [5.41, 5.74) is 0.749. The van der Waals surface area contributed by atoms with Gasteiger partial charge in [-0.3, -0.25) is 4.90 Å². The summed E-state index contributed by atoms with van der Waals surface area (Å²) in [4.78, 5) is 13.1. The van der Waals surface area contributed by atoms with E-state index in [-0.39, 0.29) is 5.76 Å². The lowest BCUT2D eigenvalue weighted by atomic mass is 10.0. The van der Waals surface area contributed by atoms with E-state index in [1.165, 1.54) is 6.26 Å². The molecule has 94 valence electrons. The number of aromatic carboxylic acids is 1. The Balaban J connectivity index is 1.99. The summed E-state index contributed by atoms with van der Waals surface area (Å²) < 4.78 is 4.98. The lowest BCUT2D eigenvalue weighted by Crippen LogP contribution is -2.40. The van der Waals surface area contributed by atoms with Crippen molar-refractivity contribution in [3.05, 3.63) is 23.7 Å². The summed E-state index contributed by atoms with van der Waals surface area (Å²) >= 11 is 0. The molecule has 0 saturated carbocycles. The molecule has 0 radical (unpaired) electrons. The van der Waals surface area contributed by atoms with Gasteiger partial charge in [0, 0.05) is 18.2 Å². The van der Waals surface area contributed by atoms with E-state index in [0.29, 0.717) is 12.6 Å². The van der Waals surface area contributed by atoms with Gasteiger partial charge in [0.15, 0.2) is 0 Å². The first-order valence-corrected chi connectivity index (χ1v) is 5.89. The third-order valence-corrected chi connectivity index (χ3v) is 3.29. The van der Waals surface area contributed by atoms with Crippen LogP contribution in [-0.4, -0.2) is 42.2 Å². The number of rotatable bonds is 4. The molecule has 0 spiro atoms. The number of piperidine rings is 1. The first-order valence-electron chi connectivity index (χ1n) is 5.89. The van der Waals surface area contributed by atoms with Crippen LogP contribution in [0, 0.1) is 0 Å². The highest BCUT2D eigenvalue weighted by atomic mass is 16.4. The number of carbonyl (C=O) groups is 1. The minimum Gasteiger partial charge on any atom is -0.475 e. The Labute approximate surface area is 100 Å². The number of furan rings is 1. The van der Waals surface area contributed by atoms with E-state index in [2.05, 4.69) is 10.2 Å². The number of carboxylic acids is 1. The van der Waals surface area contributed by atoms with Crippen LogP contribution in [0.25, 0.3) is 0 Å². The quantitative estimate of drug-likeness (QED) is 0.824. The van der Waals surface area contributed by atoms with Gasteiger partial charge in [0.05, 0.1) is 6.26 Å². The molecule has 0 atom stereocenters. The van der Waals surface area contributed by atoms with Crippen molar-refractivity contribution in [2.75, 3.05) is 20.1 Å². The summed E-state index contributed by atoms with van der Waals surface area (Å²) in [6, 6.07) is 2.26. The van der Waals surface area contributed by atoms with Crippen LogP contribution in [0.3, 0.4) is 0 Å². The second kappa shape index (κ2) is 5.33. The second-order valence-electron chi connectivity index (χ2n) is 4.48. The monoisotopic (exact) mass is 238 g/mol. The first-order chi connectivity index (χ1) is 8.18. The highest BCUT2D eigenvalue weighted by molar-refractivity contribution is 5.86. The van der Waals surface area contributed by atoms with E-state index < -0.39 is 5.97 Å². The van der Waals surface area contributed by atoms with Crippen LogP contribution in [0.1, 0.15) is 29.0 Å². The number of carboxylic acid groups (broad SMARTS) is 1. The molecule has 5 heteroatoms. The minimum atomic E-state index is -0.997. The van der Waals surface area contributed by atoms with Crippen LogP contribution >= 0.6 is 0 Å². The highest BCUT2D eigenvalue weighted by Gasteiger charge is 2.21. The fraction of sp³-hybridized carbons (Fsp3) is 0.583. The second-order valence-corrected chi connectivity index (χ2v) is 4.48. The molecule has 2 N–H and O–H groups in total. The normalized spacial score (nSPS) is 17.5. The van der Waals surface area contributed by atoms with Gasteiger partial charge < -0.3 is 14.8 Å². The van der Waals surface area contributed by atoms with Crippen molar-refractivity contribution in [3.63, 3.8) is 0 Å². The summed E-state index contributed by atoms with van der Waals surface area (Å²) in [6.45, 7) is 2.70. The Hall–Kier alpha value is -1.33. The molecule has 17 heavy (non-hydrogen) atoms. The lowest BCUT2D eigenvalue weighted by Gasteiger charge is -2.31. The van der Waals surface area contributed by atoms with E-state index in [1.54, 1.807) is 6.07 Å². The van der Waals surface area contributed by atoms with Crippen LogP contribution in [0.5, 0.6) is 0 Å². The van der Waals surface area contributed by atoms with Crippen molar-refractivity contribution in [1.82, 2.24) is 10.2 Å². The van der Waals surface area contributed by atoms with Crippen molar-refractivity contribution >= 4 is 5.97 Å². The molecular weight excluding hydrogens is 220 g/mol. The smallest absolute Gasteiger partial charge is 0.372 e. The van der Waals surface area contributed by atoms with Gasteiger partial charge in [-0.15, -0.1) is 0 Å². The summed E-state index contributed by atoms with van der Waals surface area (Å²) in [5.74, 6) is -0.936. The van der Waals surface area contributed by atoms with Crippen LogP contribution in [0.4, 0.5) is 0 Å². The molecule has 0 unspecified atom stereocenters. The standard InChI is InChI=1S/C12H18N2O3/c1-14(10-2-5-13-6-3-10)8-9-4-7-17-11(9)12(15)16/h4,7,10,13H,2-3,5-6,8H2,1H3,(H,15,16). The van der Waals surface area contributed by atoms with Crippen molar-refractivity contribution in [3.8, 4) is 0 Å². The van der Waals surface area contributed by atoms with Crippen molar-refractivity contribution in [1.29, 1.82) is 0 Å². The van der Waals surface area contributed by atoms with Crippen molar-refractivity contribution in [2.45, 2.75) is 25.4 Å². The summed E-state index contributed by atoms with van der Waals surface area (Å²) in [7, 11) is 2.04. The average molecular weight is 238 g/mol. The van der Waals surface area contributed by atoms with E-state index in [9.17, 15) is 4.79 Å². The number of hydrogen-bond donors (Lipinski definition) is 2. The van der Waals surface area contributed by atoms with Gasteiger partial charge in [0.2, 0.25) is 5.76 Å². The molecule has 0 aliphatic carbocycles. The first kappa shape index (κ1) is 12.1. The van der Waals surface area contributed by atoms with Gasteiger partial charge in [-0.2, -0.15) is 0 Å². The number of nitrogens with one attached hydrogen (secondary N) is 1. The van der Waals surface area contributed by atoms with Gasteiger partial charge in [0.1, 0.15) is 0 Å². The molecular formula is C12H18N2O3. The van der Waals surface area contributed by atoms with Crippen molar-refractivity contribution < 1.29 is 14.3 Å². The fourth-order valence-electron chi connectivity index (χ4n) is 2.29. The molecule has 1 aromatic heterocycles. The lowest BCUT2D eigenvalue weighted by molar-refractivity contribution is 0.0658. The minimum absolute atomic E-state index is 0.0609. The maximum absolute atomic E-state index is 10.9. The SMILES string of the molecule is CN(Cc1ccoc1C(=O)O)C1CCNCC1. The maximum Gasteiger partial charge on any atom is 0.372 e. The van der Waals surface area contributed by atoms with Gasteiger partial charge in [-0.05, 0) is 39.0 Å². The number of hydrogen-bond acceptors (Lipinski definition) is 4. The maximum atomic E-state index is 10.9. The molecule has 0 aromatic carbocycles. The molecule has 0 bridgehead atoms. The Morgan fingerprint density at radius 1 is 1.59 bits per heavy atom. The van der Waals surface area contributed by atoms with E-state index in [1.807, 2.05) is 7.05 Å². The average Bonchev–Trinajstić information content (AvgIpc) is 2.78. The molecule has 2 heterocycles. The molecule has 1 saturated heterocycles. The zero-order valence-corrected chi connectivity index (χ0v) is 9.98. The van der Waals surface area contributed by atoms with Crippen LogP contribution in [0.15, 0.2) is 16.7 Å². The van der Waals surface area contributed by atoms with E-state index >= 15 is 0 Å². The predicted octanol–water partition coefficient (Wildman–Crippen LogP) is 1.16. The Morgan fingerprint density at radius 3 is 2.94 bits per heavy atom. The fourth-order valence-corrected chi connectivity index (χ4v) is 2.29. The summed E-state index contributed by atoms with van der Waals surface area (Å²) in [6.07, 6.45) is 3.66. The van der Waals surface area contributed by atoms with E-state index in [4.69, 9.17) is 9.52 Å². The van der Waals surface area contributed by atoms with E-state index in [0.717, 1.165) is 31.5 Å². The number of nitrogens with zero attached hydrogens (tertiary/aromatic N) is 1.